The van der Waals surface area contributed by atoms with Gasteiger partial charge in [-0.2, -0.15) is 32.5 Å². The lowest BCUT2D eigenvalue weighted by Gasteiger charge is -2.32. The van der Waals surface area contributed by atoms with Gasteiger partial charge < -0.3 is 30.9 Å². The molecule has 0 saturated heterocycles. The Morgan fingerprint density at radius 3 is 1.44 bits per heavy atom. The van der Waals surface area contributed by atoms with Crippen molar-refractivity contribution in [3.63, 3.8) is 0 Å². The van der Waals surface area contributed by atoms with E-state index in [9.17, 15) is 33.4 Å². The molecule has 15 nitrogen and oxygen atoms in total. The molecule has 0 amide bonds. The van der Waals surface area contributed by atoms with Crippen molar-refractivity contribution >= 4 is 85.0 Å². The summed E-state index contributed by atoms with van der Waals surface area (Å²) in [5.41, 5.74) is -7.41. The summed E-state index contributed by atoms with van der Waals surface area (Å²) in [7, 11) is 1.43. The number of nitrogens with one attached hydrogen (secondary N) is 3. The largest absolute Gasteiger partial charge is 0.395 e. The summed E-state index contributed by atoms with van der Waals surface area (Å²) in [6.07, 6.45) is 0.0768. The molecule has 10 rings (SSSR count). The third-order valence-corrected chi connectivity index (χ3v) is 14.5. The van der Waals surface area contributed by atoms with E-state index in [0.29, 0.717) is 19.8 Å². The summed E-state index contributed by atoms with van der Waals surface area (Å²) in [5.74, 6) is -11.4. The van der Waals surface area contributed by atoms with Crippen molar-refractivity contribution in [3.8, 4) is 17.1 Å². The number of aliphatic hydroxyl groups is 2. The highest BCUT2D eigenvalue weighted by Crippen LogP contribution is 2.43. The molecule has 3 aromatic heterocycles. The van der Waals surface area contributed by atoms with Crippen LogP contribution >= 0.6 is 34.8 Å². The number of halogens is 9. The van der Waals surface area contributed by atoms with Gasteiger partial charge in [0, 0.05) is 77.1 Å². The lowest BCUT2D eigenvalue weighted by molar-refractivity contribution is 0.0175. The molecule has 24 heteroatoms. The lowest BCUT2D eigenvalue weighted by atomic mass is 9.89. The number of benzene rings is 6. The van der Waals surface area contributed by atoms with Gasteiger partial charge in [-0.3, -0.25) is 13.7 Å². The Morgan fingerprint density at radius 2 is 0.975 bits per heavy atom. The first-order chi connectivity index (χ1) is 37.6. The number of ether oxygens (including phenoxy) is 1. The Bertz CT molecular complexity index is 4080. The number of rotatable bonds is 17. The van der Waals surface area contributed by atoms with E-state index in [0.717, 1.165) is 86.5 Å². The second kappa shape index (κ2) is 21.3. The highest BCUT2D eigenvalue weighted by Gasteiger charge is 2.38. The maximum atomic E-state index is 17.4. The zero-order valence-corrected chi connectivity index (χ0v) is 43.7. The molecule has 1 fully saturated rings. The monoisotopic (exact) mass is 1150 g/mol. The van der Waals surface area contributed by atoms with Gasteiger partial charge >= 0.3 is 17.1 Å². The average molecular weight is 1150 g/mol. The van der Waals surface area contributed by atoms with Crippen LogP contribution in [0, 0.1) is 0 Å². The third-order valence-electron chi connectivity index (χ3n) is 13.6. The summed E-state index contributed by atoms with van der Waals surface area (Å²) in [5, 5.41) is 28.3. The lowest BCUT2D eigenvalue weighted by Crippen LogP contribution is -2.40. The minimum absolute atomic E-state index is 0.00748. The number of fused-ring (bicyclic) bond motifs is 3. The van der Waals surface area contributed by atoms with E-state index in [4.69, 9.17) is 39.5 Å². The second-order valence-corrected chi connectivity index (χ2v) is 20.0. The van der Waals surface area contributed by atoms with E-state index in [1.807, 2.05) is 0 Å². The zero-order chi connectivity index (χ0) is 56.3. The molecule has 9 aromatic rings. The average Bonchev–Trinajstić information content (AvgIpc) is 3.59. The number of para-hydroxylation sites is 1. The smallest absolute Gasteiger partial charge is 0.354 e. The quantitative estimate of drug-likeness (QED) is 0.0429. The number of alkyl halides is 6. The molecule has 6 aromatic carbocycles. The summed E-state index contributed by atoms with van der Waals surface area (Å²) in [4.78, 5) is 54.4. The molecule has 79 heavy (non-hydrogen) atoms. The SMILES string of the molecule is COCCNc1nc(=O)n(-c2cc(C(F)(F)c3ccc4c(NCCO)nc(=O)n(-c5ccccc5Cl)c4c3)ccc2Cl)c2cc(C(F)(F)c3ccc(Cl)c(-n4c(=O)nc(N[C@H]5C[C@H](O)C5)c5ccc(C(C)(F)F)cc54)c3)ccc12. The van der Waals surface area contributed by atoms with Gasteiger partial charge in [-0.05, 0) is 85.6 Å². The van der Waals surface area contributed by atoms with Crippen molar-refractivity contribution in [2.45, 2.75) is 49.7 Å². The third kappa shape index (κ3) is 10.3. The van der Waals surface area contributed by atoms with Gasteiger partial charge in [0.05, 0.1) is 68.0 Å². The van der Waals surface area contributed by atoms with Crippen LogP contribution in [-0.4, -0.2) is 84.4 Å². The first kappa shape index (κ1) is 54.8. The van der Waals surface area contributed by atoms with Gasteiger partial charge in [0.15, 0.2) is 0 Å². The Hall–Kier alpha value is -7.53. The number of hydrogen-bond acceptors (Lipinski definition) is 12. The number of aliphatic hydroxyl groups excluding tert-OH is 2. The number of methoxy groups -OCH3 is 1. The van der Waals surface area contributed by atoms with E-state index in [2.05, 4.69) is 30.9 Å². The van der Waals surface area contributed by atoms with Crippen molar-refractivity contribution in [3.05, 3.63) is 190 Å². The first-order valence-electron chi connectivity index (χ1n) is 24.3. The fraction of sp³-hybridized carbons (Fsp3) is 0.236. The van der Waals surface area contributed by atoms with E-state index in [1.54, 1.807) is 12.1 Å². The maximum Gasteiger partial charge on any atom is 0.354 e. The normalized spacial score (nSPS) is 14.9. The minimum Gasteiger partial charge on any atom is -0.395 e. The van der Waals surface area contributed by atoms with E-state index in [1.165, 1.54) is 37.4 Å². The Labute approximate surface area is 458 Å². The van der Waals surface area contributed by atoms with Crippen LogP contribution < -0.4 is 33.0 Å². The van der Waals surface area contributed by atoms with Crippen LogP contribution in [0.2, 0.25) is 15.1 Å². The van der Waals surface area contributed by atoms with Gasteiger partial charge in [-0.15, -0.1) is 0 Å². The zero-order valence-electron chi connectivity index (χ0n) is 41.5. The van der Waals surface area contributed by atoms with E-state index in [-0.39, 0.29) is 115 Å². The van der Waals surface area contributed by atoms with Crippen LogP contribution in [0.5, 0.6) is 0 Å². The van der Waals surface area contributed by atoms with Crippen LogP contribution in [0.3, 0.4) is 0 Å². The number of hydrogen-bond donors (Lipinski definition) is 5. The summed E-state index contributed by atoms with van der Waals surface area (Å²) in [6.45, 7) is 0.524. The van der Waals surface area contributed by atoms with Gasteiger partial charge in [0.2, 0.25) is 0 Å². The van der Waals surface area contributed by atoms with Crippen molar-refractivity contribution < 1.29 is 41.3 Å². The highest BCUT2D eigenvalue weighted by atomic mass is 35.5. The molecule has 0 bridgehead atoms. The van der Waals surface area contributed by atoms with Crippen molar-refractivity contribution in [1.29, 1.82) is 0 Å². The Kier molecular flexibility index (Phi) is 14.8. The Morgan fingerprint density at radius 1 is 0.570 bits per heavy atom. The minimum atomic E-state index is -4.01. The van der Waals surface area contributed by atoms with Crippen LogP contribution in [0.25, 0.3) is 49.8 Å². The topological polar surface area (TPSA) is 190 Å². The standard InChI is InChI=1S/C55H44Cl3F6N9O6/c1-53(59,60)28-7-12-37-42(21-28)72(52(78)70-49(37)67-33-26-34(75)27-33)45-24-31(10-15-39(45)57)55(63,64)30-9-14-36-44(23-30)73(51(77)69-48(36)66-18-20-79-2)46-25-32(11-16-40(46)58)54(61,62)29-8-13-35-43(22-29)71(41-6-4-3-5-38(41)56)50(76)68-47(35)65-17-19-74/h3-16,21-25,33-34,74-75H,17-20,26-27H2,1-2H3,(H,65,68,76)(H,66,69,77)(H,67,70,78)/t33-,34-. The molecule has 5 N–H and O–H groups in total. The van der Waals surface area contributed by atoms with Crippen LogP contribution in [0.1, 0.15) is 47.6 Å². The summed E-state index contributed by atoms with van der Waals surface area (Å²) >= 11 is 19.9. The van der Waals surface area contributed by atoms with Crippen molar-refractivity contribution in [2.75, 3.05) is 49.4 Å². The molecule has 1 saturated carbocycles. The van der Waals surface area contributed by atoms with Crippen LogP contribution in [-0.2, 0) is 22.5 Å². The number of anilines is 3. The van der Waals surface area contributed by atoms with Crippen LogP contribution in [0.15, 0.2) is 130 Å². The highest BCUT2D eigenvalue weighted by molar-refractivity contribution is 6.33. The molecular formula is C55H44Cl3F6N9O6. The molecule has 0 aliphatic heterocycles. The maximum absolute atomic E-state index is 17.4. The van der Waals surface area contributed by atoms with Gasteiger partial charge in [0.25, 0.3) is 17.8 Å². The molecule has 0 unspecified atom stereocenters. The second-order valence-electron chi connectivity index (χ2n) is 18.8. The molecule has 3 heterocycles. The number of aromatic nitrogens is 6. The Balaban J connectivity index is 1.11. The predicted molar refractivity (Wildman–Crippen MR) is 291 cm³/mol. The van der Waals surface area contributed by atoms with Crippen molar-refractivity contribution in [2.24, 2.45) is 0 Å². The fourth-order valence-electron chi connectivity index (χ4n) is 9.49. The number of nitrogens with zero attached hydrogens (tertiary/aromatic N) is 6. The molecule has 408 valence electrons. The van der Waals surface area contributed by atoms with Gasteiger partial charge in [-0.25, -0.2) is 23.2 Å². The van der Waals surface area contributed by atoms with E-state index < -0.39 is 68.8 Å². The predicted octanol–water partition coefficient (Wildman–Crippen LogP) is 10.5. The molecule has 0 atom stereocenters. The van der Waals surface area contributed by atoms with Crippen LogP contribution in [0.4, 0.5) is 43.8 Å². The molecule has 1 aliphatic rings. The first-order valence-corrected chi connectivity index (χ1v) is 25.5. The molecule has 1 aliphatic carbocycles. The molecule has 0 spiro atoms. The van der Waals surface area contributed by atoms with Crippen molar-refractivity contribution in [1.82, 2.24) is 28.7 Å². The fourth-order valence-corrected chi connectivity index (χ4v) is 10.1. The summed E-state index contributed by atoms with van der Waals surface area (Å²) in [6, 6.07) is 22.2. The van der Waals surface area contributed by atoms with E-state index >= 15 is 17.6 Å². The van der Waals surface area contributed by atoms with Gasteiger partial charge in [0.1, 0.15) is 17.5 Å². The molecule has 0 radical (unpaired) electrons. The summed E-state index contributed by atoms with van der Waals surface area (Å²) < 4.78 is 107. The van der Waals surface area contributed by atoms with Gasteiger partial charge in [-0.1, -0.05) is 77.3 Å². The molecular weight excluding hydrogens is 1100 g/mol.